The number of hydrogen-bond donors (Lipinski definition) is 0. The number of rotatable bonds is 3. The quantitative estimate of drug-likeness (QED) is 0.421. The molecule has 30 heavy (non-hydrogen) atoms. The fraction of sp³-hybridized carbons (Fsp3) is 0.600. The first-order valence-electron chi connectivity index (χ1n) is 9.72. The standard InChI is InChI=1S/C20H24BF4NO4/c1-17(2)18(3,4)30-21(29-17)14-7-5-13(6-8-14)15(27)19(22)9-11-26(12-10-19)16(28)20(23,24)25/h5-8H,9-12H2,1-4H3. The van der Waals surface area contributed by atoms with E-state index in [0.717, 1.165) is 0 Å². The molecule has 0 saturated carbocycles. The van der Waals surface area contributed by atoms with Gasteiger partial charge < -0.3 is 14.2 Å². The molecule has 2 heterocycles. The summed E-state index contributed by atoms with van der Waals surface area (Å²) in [6, 6.07) is 6.14. The van der Waals surface area contributed by atoms with Crippen molar-refractivity contribution in [3.63, 3.8) is 0 Å². The molecule has 0 spiro atoms. The third kappa shape index (κ3) is 4.12. The summed E-state index contributed by atoms with van der Waals surface area (Å²) in [6.07, 6.45) is -5.97. The molecule has 0 radical (unpaired) electrons. The molecule has 0 N–H and O–H groups in total. The Labute approximate surface area is 172 Å². The fourth-order valence-electron chi connectivity index (χ4n) is 3.50. The lowest BCUT2D eigenvalue weighted by Crippen LogP contribution is -2.51. The second kappa shape index (κ2) is 7.34. The highest BCUT2D eigenvalue weighted by Gasteiger charge is 2.52. The Morgan fingerprint density at radius 1 is 0.967 bits per heavy atom. The molecule has 164 valence electrons. The van der Waals surface area contributed by atoms with E-state index in [1.807, 2.05) is 27.7 Å². The first-order chi connectivity index (χ1) is 13.7. The minimum atomic E-state index is -5.01. The number of carbonyl (C=O) groups is 2. The first-order valence-corrected chi connectivity index (χ1v) is 9.72. The highest BCUT2D eigenvalue weighted by atomic mass is 19.4. The van der Waals surface area contributed by atoms with Gasteiger partial charge in [-0.3, -0.25) is 9.59 Å². The summed E-state index contributed by atoms with van der Waals surface area (Å²) in [6.45, 7) is 6.71. The molecular formula is C20H24BF4NO4. The van der Waals surface area contributed by atoms with Gasteiger partial charge in [0.15, 0.2) is 11.5 Å². The van der Waals surface area contributed by atoms with Crippen LogP contribution in [-0.2, 0) is 14.1 Å². The normalized spacial score (nSPS) is 22.8. The van der Waals surface area contributed by atoms with Gasteiger partial charge in [-0.2, -0.15) is 13.2 Å². The Kier molecular flexibility index (Phi) is 5.56. The molecular weight excluding hydrogens is 405 g/mol. The average Bonchev–Trinajstić information content (AvgIpc) is 2.88. The van der Waals surface area contributed by atoms with Gasteiger partial charge in [-0.1, -0.05) is 24.3 Å². The van der Waals surface area contributed by atoms with E-state index in [-0.39, 0.29) is 5.56 Å². The van der Waals surface area contributed by atoms with Crippen LogP contribution in [0.15, 0.2) is 24.3 Å². The molecule has 0 unspecified atom stereocenters. The SMILES string of the molecule is CC1(C)OB(c2ccc(C(=O)C3(F)CCN(C(=O)C(F)(F)F)CC3)cc2)OC1(C)C. The van der Waals surface area contributed by atoms with Gasteiger partial charge >= 0.3 is 19.2 Å². The molecule has 5 nitrogen and oxygen atoms in total. The molecule has 2 aliphatic rings. The molecule has 1 aromatic carbocycles. The van der Waals surface area contributed by atoms with E-state index < -0.39 is 67.8 Å². The Balaban J connectivity index is 1.67. The zero-order valence-electron chi connectivity index (χ0n) is 17.3. The zero-order valence-corrected chi connectivity index (χ0v) is 17.3. The number of amides is 1. The van der Waals surface area contributed by atoms with Crippen LogP contribution < -0.4 is 5.46 Å². The number of carbonyl (C=O) groups excluding carboxylic acids is 2. The Morgan fingerprint density at radius 2 is 1.43 bits per heavy atom. The van der Waals surface area contributed by atoms with E-state index in [9.17, 15) is 22.8 Å². The van der Waals surface area contributed by atoms with Crippen molar-refractivity contribution >= 4 is 24.3 Å². The van der Waals surface area contributed by atoms with Gasteiger partial charge in [0.1, 0.15) is 0 Å². The van der Waals surface area contributed by atoms with Crippen LogP contribution in [-0.4, -0.2) is 59.8 Å². The number of hydrogen-bond acceptors (Lipinski definition) is 4. The van der Waals surface area contributed by atoms with Gasteiger partial charge in [0.2, 0.25) is 0 Å². The van der Waals surface area contributed by atoms with Crippen molar-refractivity contribution in [2.45, 2.75) is 63.6 Å². The molecule has 2 saturated heterocycles. The maximum atomic E-state index is 15.2. The Hall–Kier alpha value is -1.94. The molecule has 0 bridgehead atoms. The summed E-state index contributed by atoms with van der Waals surface area (Å²) in [7, 11) is -0.630. The van der Waals surface area contributed by atoms with Crippen molar-refractivity contribution in [3.05, 3.63) is 29.8 Å². The summed E-state index contributed by atoms with van der Waals surface area (Å²) in [5, 5.41) is 0. The predicted octanol–water partition coefficient (Wildman–Crippen LogP) is 3.06. The second-order valence-corrected chi connectivity index (χ2v) is 8.79. The molecule has 0 aromatic heterocycles. The monoisotopic (exact) mass is 429 g/mol. The lowest BCUT2D eigenvalue weighted by atomic mass is 9.78. The average molecular weight is 429 g/mol. The minimum absolute atomic E-state index is 0.105. The first kappa shape index (κ1) is 22.7. The van der Waals surface area contributed by atoms with Gasteiger partial charge in [0, 0.05) is 31.5 Å². The van der Waals surface area contributed by atoms with Crippen molar-refractivity contribution in [3.8, 4) is 0 Å². The summed E-state index contributed by atoms with van der Waals surface area (Å²) in [5.74, 6) is -2.81. The molecule has 3 rings (SSSR count). The van der Waals surface area contributed by atoms with E-state index in [1.165, 1.54) is 12.1 Å². The summed E-state index contributed by atoms with van der Waals surface area (Å²) in [5.41, 5.74) is -2.60. The van der Waals surface area contributed by atoms with Gasteiger partial charge in [-0.25, -0.2) is 4.39 Å². The second-order valence-electron chi connectivity index (χ2n) is 8.79. The number of halogens is 4. The van der Waals surface area contributed by atoms with E-state index in [1.54, 1.807) is 12.1 Å². The molecule has 2 aliphatic heterocycles. The van der Waals surface area contributed by atoms with E-state index >= 15 is 4.39 Å². The van der Waals surface area contributed by atoms with Crippen LogP contribution in [0.2, 0.25) is 0 Å². The van der Waals surface area contributed by atoms with Crippen LogP contribution in [0, 0.1) is 0 Å². The van der Waals surface area contributed by atoms with Crippen LogP contribution >= 0.6 is 0 Å². The summed E-state index contributed by atoms with van der Waals surface area (Å²) in [4.78, 5) is 24.5. The molecule has 2 fully saturated rings. The lowest BCUT2D eigenvalue weighted by molar-refractivity contribution is -0.187. The third-order valence-electron chi connectivity index (χ3n) is 6.19. The number of benzene rings is 1. The van der Waals surface area contributed by atoms with Crippen LogP contribution in [0.4, 0.5) is 17.6 Å². The van der Waals surface area contributed by atoms with Crippen LogP contribution in [0.1, 0.15) is 50.9 Å². The third-order valence-corrected chi connectivity index (χ3v) is 6.19. The van der Waals surface area contributed by atoms with Crippen molar-refractivity contribution in [1.82, 2.24) is 4.90 Å². The van der Waals surface area contributed by atoms with Crippen molar-refractivity contribution < 1.29 is 36.5 Å². The lowest BCUT2D eigenvalue weighted by Gasteiger charge is -2.35. The van der Waals surface area contributed by atoms with Gasteiger partial charge in [0.25, 0.3) is 0 Å². The number of piperidine rings is 1. The van der Waals surface area contributed by atoms with Gasteiger partial charge in [-0.15, -0.1) is 0 Å². The van der Waals surface area contributed by atoms with Gasteiger partial charge in [-0.05, 0) is 33.2 Å². The maximum Gasteiger partial charge on any atom is 0.494 e. The Morgan fingerprint density at radius 3 is 1.87 bits per heavy atom. The highest BCUT2D eigenvalue weighted by Crippen LogP contribution is 2.37. The Bertz CT molecular complexity index is 814. The van der Waals surface area contributed by atoms with Crippen molar-refractivity contribution in [1.29, 1.82) is 0 Å². The highest BCUT2D eigenvalue weighted by molar-refractivity contribution is 6.62. The largest absolute Gasteiger partial charge is 0.494 e. The number of nitrogens with zero attached hydrogens (tertiary/aromatic N) is 1. The summed E-state index contributed by atoms with van der Waals surface area (Å²) < 4.78 is 64.7. The van der Waals surface area contributed by atoms with Crippen LogP contribution in [0.25, 0.3) is 0 Å². The topological polar surface area (TPSA) is 55.8 Å². The van der Waals surface area contributed by atoms with E-state index in [2.05, 4.69) is 0 Å². The van der Waals surface area contributed by atoms with Crippen molar-refractivity contribution in [2.75, 3.05) is 13.1 Å². The molecule has 10 heteroatoms. The molecule has 0 atom stereocenters. The van der Waals surface area contributed by atoms with E-state index in [4.69, 9.17) is 9.31 Å². The van der Waals surface area contributed by atoms with Crippen molar-refractivity contribution in [2.24, 2.45) is 0 Å². The maximum absolute atomic E-state index is 15.2. The van der Waals surface area contributed by atoms with Crippen LogP contribution in [0.5, 0.6) is 0 Å². The van der Waals surface area contributed by atoms with Crippen LogP contribution in [0.3, 0.4) is 0 Å². The predicted molar refractivity (Wildman–Crippen MR) is 102 cm³/mol. The number of Topliss-reactive ketones (excluding diaryl/α,β-unsaturated/α-hetero) is 1. The summed E-state index contributed by atoms with van der Waals surface area (Å²) >= 11 is 0. The minimum Gasteiger partial charge on any atom is -0.399 e. The number of likely N-dealkylation sites (tertiary alicyclic amines) is 1. The number of alkyl halides is 4. The molecule has 1 amide bonds. The van der Waals surface area contributed by atoms with Gasteiger partial charge in [0.05, 0.1) is 11.2 Å². The number of ketones is 1. The zero-order chi connectivity index (χ0) is 22.5. The fourth-order valence-corrected chi connectivity index (χ4v) is 3.50. The molecule has 1 aromatic rings. The van der Waals surface area contributed by atoms with E-state index in [0.29, 0.717) is 10.4 Å². The molecule has 0 aliphatic carbocycles. The smallest absolute Gasteiger partial charge is 0.399 e.